The molecule has 0 amide bonds. The highest BCUT2D eigenvalue weighted by molar-refractivity contribution is 6.69. The summed E-state index contributed by atoms with van der Waals surface area (Å²) in [5.41, 5.74) is -3.51. The maximum Gasteiger partial charge on any atom is 0.432 e. The summed E-state index contributed by atoms with van der Waals surface area (Å²) in [7, 11) is -1.26. The summed E-state index contributed by atoms with van der Waals surface area (Å²) in [5, 5.41) is 0. The molecule has 0 spiro atoms. The van der Waals surface area contributed by atoms with Crippen LogP contribution in [-0.2, 0) is 38.5 Å². The highest BCUT2D eigenvalue weighted by atomic mass is 28.4. The summed E-state index contributed by atoms with van der Waals surface area (Å²) in [6, 6.07) is 16.5. The number of halogens is 3. The SMILES string of the molecule is CC[C@H](C[C@@H]1O[C@@H]2CO[C@@H](c3ccccc3)O[C@H]2CC[C@@]1(C)O[Si](C)(C)C)OC(=O)[C@@](OC)(c1ccccc1)C(F)(F)F. The fourth-order valence-electron chi connectivity index (χ4n) is 5.97. The molecule has 0 aliphatic carbocycles. The van der Waals surface area contributed by atoms with Crippen molar-refractivity contribution in [1.29, 1.82) is 0 Å². The van der Waals surface area contributed by atoms with Crippen LogP contribution in [0.15, 0.2) is 60.7 Å². The van der Waals surface area contributed by atoms with Crippen molar-refractivity contribution in [1.82, 2.24) is 0 Å². The third-order valence-electron chi connectivity index (χ3n) is 8.06. The van der Waals surface area contributed by atoms with Crippen LogP contribution in [0.5, 0.6) is 0 Å². The van der Waals surface area contributed by atoms with Gasteiger partial charge in [0.25, 0.3) is 5.60 Å². The van der Waals surface area contributed by atoms with Crippen LogP contribution in [0.4, 0.5) is 13.2 Å². The van der Waals surface area contributed by atoms with Gasteiger partial charge in [-0.15, -0.1) is 0 Å². The van der Waals surface area contributed by atoms with Crippen molar-refractivity contribution < 1.29 is 46.1 Å². The van der Waals surface area contributed by atoms with Crippen molar-refractivity contribution >= 4 is 14.3 Å². The van der Waals surface area contributed by atoms with E-state index in [-0.39, 0.29) is 31.1 Å². The Morgan fingerprint density at radius 2 is 1.65 bits per heavy atom. The minimum Gasteiger partial charge on any atom is -0.460 e. The molecule has 2 heterocycles. The van der Waals surface area contributed by atoms with Crippen LogP contribution < -0.4 is 0 Å². The molecule has 2 fully saturated rings. The Balaban J connectivity index is 1.58. The number of benzene rings is 2. The summed E-state index contributed by atoms with van der Waals surface area (Å²) in [4.78, 5) is 13.4. The van der Waals surface area contributed by atoms with Crippen LogP contribution in [-0.4, -0.2) is 64.2 Å². The van der Waals surface area contributed by atoms with Crippen LogP contribution in [0.2, 0.25) is 19.6 Å². The largest absolute Gasteiger partial charge is 0.460 e. The monoisotopic (exact) mass is 624 g/mol. The molecule has 238 valence electrons. The second-order valence-electron chi connectivity index (χ2n) is 12.4. The number of ether oxygens (including phenoxy) is 5. The van der Waals surface area contributed by atoms with Crippen molar-refractivity contribution in [3.05, 3.63) is 71.8 Å². The summed E-state index contributed by atoms with van der Waals surface area (Å²) < 4.78 is 79.9. The lowest BCUT2D eigenvalue weighted by atomic mass is 9.88. The zero-order chi connectivity index (χ0) is 31.5. The molecule has 0 bridgehead atoms. The zero-order valence-electron chi connectivity index (χ0n) is 25.7. The number of carbonyl (C=O) groups excluding carboxylic acids is 1. The molecule has 7 nitrogen and oxygen atoms in total. The lowest BCUT2D eigenvalue weighted by Crippen LogP contribution is -2.54. The van der Waals surface area contributed by atoms with Gasteiger partial charge in [0.05, 0.1) is 24.4 Å². The van der Waals surface area contributed by atoms with Gasteiger partial charge in [-0.3, -0.25) is 0 Å². The predicted molar refractivity (Wildman–Crippen MR) is 157 cm³/mol. The molecule has 4 rings (SSSR count). The Hall–Kier alpha value is -2.28. The van der Waals surface area contributed by atoms with Crippen LogP contribution in [0.1, 0.15) is 56.9 Å². The van der Waals surface area contributed by atoms with Crippen molar-refractivity contribution in [2.75, 3.05) is 13.7 Å². The van der Waals surface area contributed by atoms with Gasteiger partial charge in [0.1, 0.15) is 12.2 Å². The van der Waals surface area contributed by atoms with E-state index in [1.54, 1.807) is 13.0 Å². The van der Waals surface area contributed by atoms with E-state index in [1.807, 2.05) is 37.3 Å². The van der Waals surface area contributed by atoms with Gasteiger partial charge in [-0.25, -0.2) is 4.79 Å². The van der Waals surface area contributed by atoms with E-state index in [0.717, 1.165) is 12.7 Å². The lowest BCUT2D eigenvalue weighted by Gasteiger charge is -2.43. The first-order chi connectivity index (χ1) is 20.2. The van der Waals surface area contributed by atoms with E-state index in [9.17, 15) is 18.0 Å². The third-order valence-corrected chi connectivity index (χ3v) is 9.14. The number of esters is 1. The van der Waals surface area contributed by atoms with Crippen LogP contribution in [0, 0.1) is 0 Å². The maximum atomic E-state index is 14.5. The highest BCUT2D eigenvalue weighted by Gasteiger charge is 2.64. The number of hydrogen-bond donors (Lipinski definition) is 0. The van der Waals surface area contributed by atoms with Crippen LogP contribution in [0.25, 0.3) is 0 Å². The molecule has 11 heteroatoms. The first-order valence-corrected chi connectivity index (χ1v) is 18.2. The van der Waals surface area contributed by atoms with Gasteiger partial charge in [-0.05, 0) is 45.8 Å². The quantitative estimate of drug-likeness (QED) is 0.207. The normalized spacial score (nSPS) is 28.7. The summed E-state index contributed by atoms with van der Waals surface area (Å²) in [5.74, 6) is -1.52. The number of rotatable bonds is 10. The van der Waals surface area contributed by atoms with Gasteiger partial charge in [0, 0.05) is 24.7 Å². The number of alkyl halides is 3. The molecule has 2 aromatic rings. The van der Waals surface area contributed by atoms with E-state index < -0.39 is 56.3 Å². The Morgan fingerprint density at radius 3 is 2.21 bits per heavy atom. The number of hydrogen-bond acceptors (Lipinski definition) is 7. The van der Waals surface area contributed by atoms with Crippen LogP contribution >= 0.6 is 0 Å². The molecule has 2 aliphatic heterocycles. The predicted octanol–water partition coefficient (Wildman–Crippen LogP) is 7.07. The molecular formula is C32H43F3O7Si. The Labute approximate surface area is 253 Å². The average molecular weight is 625 g/mol. The molecule has 0 saturated carbocycles. The zero-order valence-corrected chi connectivity index (χ0v) is 26.7. The van der Waals surface area contributed by atoms with Gasteiger partial charge in [0.2, 0.25) is 0 Å². The molecule has 0 N–H and O–H groups in total. The number of fused-ring (bicyclic) bond motifs is 1. The molecule has 7 atom stereocenters. The number of methoxy groups -OCH3 is 1. The molecule has 43 heavy (non-hydrogen) atoms. The topological polar surface area (TPSA) is 72.5 Å². The molecule has 0 unspecified atom stereocenters. The second-order valence-corrected chi connectivity index (χ2v) is 16.8. The first-order valence-electron chi connectivity index (χ1n) is 14.8. The second kappa shape index (κ2) is 13.4. The molecule has 0 radical (unpaired) electrons. The fourth-order valence-corrected chi connectivity index (χ4v) is 7.60. The van der Waals surface area contributed by atoms with Gasteiger partial charge in [0.15, 0.2) is 14.6 Å². The minimum absolute atomic E-state index is 0.126. The average Bonchev–Trinajstić information content (AvgIpc) is 3.08. The van der Waals surface area contributed by atoms with E-state index in [0.29, 0.717) is 12.8 Å². The van der Waals surface area contributed by atoms with Crippen molar-refractivity contribution in [2.45, 2.75) is 107 Å². The van der Waals surface area contributed by atoms with Gasteiger partial charge in [-0.2, -0.15) is 13.2 Å². The van der Waals surface area contributed by atoms with E-state index >= 15 is 0 Å². The molecule has 2 saturated heterocycles. The molecule has 2 aliphatic rings. The standard InChI is InChI=1S/C32H43F3O7Si/c1-7-24(39-29(36)31(37-3,32(33,34)35)23-16-12-9-13-17-23)20-27-30(2,42-43(4,5)6)19-18-25-26(40-27)21-38-28(41-25)22-14-10-8-11-15-22/h8-17,24-28H,7,18-21H2,1-6H3/t24-,25+,26-,27+,28-,30-,31+/m1/s1. The summed E-state index contributed by atoms with van der Waals surface area (Å²) in [6.45, 7) is 10.2. The lowest BCUT2D eigenvalue weighted by molar-refractivity contribution is -0.281. The fraction of sp³-hybridized carbons (Fsp3) is 0.594. The van der Waals surface area contributed by atoms with E-state index in [4.69, 9.17) is 28.1 Å². The number of carbonyl (C=O) groups is 1. The van der Waals surface area contributed by atoms with Crippen LogP contribution in [0.3, 0.4) is 0 Å². The van der Waals surface area contributed by atoms with E-state index in [1.165, 1.54) is 24.3 Å². The smallest absolute Gasteiger partial charge is 0.432 e. The van der Waals surface area contributed by atoms with Gasteiger partial charge < -0.3 is 28.1 Å². The van der Waals surface area contributed by atoms with Crippen molar-refractivity contribution in [2.24, 2.45) is 0 Å². The molecule has 2 aromatic carbocycles. The summed E-state index contributed by atoms with van der Waals surface area (Å²) >= 11 is 0. The summed E-state index contributed by atoms with van der Waals surface area (Å²) in [6.07, 6.45) is -6.19. The maximum absolute atomic E-state index is 14.5. The van der Waals surface area contributed by atoms with E-state index in [2.05, 4.69) is 19.6 Å². The highest BCUT2D eigenvalue weighted by Crippen LogP contribution is 2.44. The van der Waals surface area contributed by atoms with Gasteiger partial charge >= 0.3 is 12.1 Å². The first kappa shape index (κ1) is 33.6. The third kappa shape index (κ3) is 7.51. The molecule has 0 aromatic heterocycles. The van der Waals surface area contributed by atoms with Gasteiger partial charge in [-0.1, -0.05) is 67.6 Å². The molecular weight excluding hydrogens is 581 g/mol. The Morgan fingerprint density at radius 1 is 1.02 bits per heavy atom. The Bertz CT molecular complexity index is 1190. The minimum atomic E-state index is -5.06. The van der Waals surface area contributed by atoms with Crippen molar-refractivity contribution in [3.63, 3.8) is 0 Å². The Kier molecular flexibility index (Phi) is 10.5. The van der Waals surface area contributed by atoms with Crippen molar-refractivity contribution in [3.8, 4) is 0 Å².